The topological polar surface area (TPSA) is 67.1 Å². The summed E-state index contributed by atoms with van der Waals surface area (Å²) in [5.74, 6) is 6.79. The molecule has 3 aliphatic rings. The molecule has 0 amide bonds. The molecule has 30 heavy (non-hydrogen) atoms. The van der Waals surface area contributed by atoms with E-state index >= 15 is 0 Å². The minimum atomic E-state index is -0.529. The van der Waals surface area contributed by atoms with Crippen LogP contribution in [0.5, 0.6) is 0 Å². The Morgan fingerprint density at radius 1 is 1.13 bits per heavy atom. The van der Waals surface area contributed by atoms with Gasteiger partial charge in [-0.05, 0) is 63.2 Å². The minimum Gasteiger partial charge on any atom is -0.398 e. The second kappa shape index (κ2) is 7.42. The summed E-state index contributed by atoms with van der Waals surface area (Å²) in [5, 5.41) is 3.74. The lowest BCUT2D eigenvalue weighted by Crippen LogP contribution is -2.47. The molecule has 3 saturated heterocycles. The molecule has 7 heteroatoms. The fourth-order valence-electron chi connectivity index (χ4n) is 4.27. The lowest BCUT2D eigenvalue weighted by Gasteiger charge is -2.45. The molecule has 0 spiro atoms. The molecule has 2 bridgehead atoms. The van der Waals surface area contributed by atoms with Gasteiger partial charge in [0.05, 0.1) is 16.2 Å². The molecule has 3 fully saturated rings. The van der Waals surface area contributed by atoms with Gasteiger partial charge in [-0.1, -0.05) is 29.5 Å². The van der Waals surface area contributed by atoms with E-state index in [2.05, 4.69) is 32.0 Å². The van der Waals surface area contributed by atoms with Crippen molar-refractivity contribution in [1.82, 2.24) is 14.9 Å². The third kappa shape index (κ3) is 3.45. The predicted octanol–water partition coefficient (Wildman–Crippen LogP) is 4.59. The highest BCUT2D eigenvalue weighted by atomic mass is 35.5. The number of halogens is 2. The quantitative estimate of drug-likeness (QED) is 0.468. The molecule has 0 aliphatic carbocycles. The molecule has 0 unspecified atom stereocenters. The number of hydrogen-bond acceptors (Lipinski definition) is 5. The van der Waals surface area contributed by atoms with Crippen molar-refractivity contribution in [3.05, 3.63) is 53.1 Å². The number of nitrogens with zero attached hydrogens (tertiary/aromatic N) is 3. The Bertz CT molecular complexity index is 1180. The summed E-state index contributed by atoms with van der Waals surface area (Å²) in [6.45, 7) is 3.39. The van der Waals surface area contributed by atoms with Crippen LogP contribution in [0.3, 0.4) is 0 Å². The maximum absolute atomic E-state index is 14.3. The maximum Gasteiger partial charge on any atom is 0.165 e. The van der Waals surface area contributed by atoms with Crippen LogP contribution in [-0.2, 0) is 0 Å². The first kappa shape index (κ1) is 19.1. The second-order valence-corrected chi connectivity index (χ2v) is 8.43. The zero-order valence-electron chi connectivity index (χ0n) is 16.4. The molecule has 3 aliphatic heterocycles. The molecule has 5 nitrogen and oxygen atoms in total. The van der Waals surface area contributed by atoms with Gasteiger partial charge in [-0.3, -0.25) is 0 Å². The van der Waals surface area contributed by atoms with E-state index < -0.39 is 5.82 Å². The SMILES string of the molecule is Nc1cc2c(Nc3cccc(Cl)c3F)ncnc2cc1C#CC12CCN(CC1)CC2. The Morgan fingerprint density at radius 3 is 2.67 bits per heavy atom. The minimum absolute atomic E-state index is 0.0448. The number of rotatable bonds is 2. The Kier molecular flexibility index (Phi) is 4.73. The number of benzene rings is 2. The fraction of sp³-hybridized carbons (Fsp3) is 0.304. The van der Waals surface area contributed by atoms with Crippen molar-refractivity contribution in [2.45, 2.75) is 19.3 Å². The van der Waals surface area contributed by atoms with Crippen LogP contribution in [0, 0.1) is 23.1 Å². The molecule has 3 aromatic rings. The molecule has 152 valence electrons. The van der Waals surface area contributed by atoms with Crippen molar-refractivity contribution in [2.75, 3.05) is 30.7 Å². The zero-order chi connectivity index (χ0) is 20.7. The molecule has 2 aromatic carbocycles. The van der Waals surface area contributed by atoms with E-state index in [1.54, 1.807) is 18.2 Å². The van der Waals surface area contributed by atoms with Gasteiger partial charge in [0, 0.05) is 22.1 Å². The third-order valence-corrected chi connectivity index (χ3v) is 6.49. The van der Waals surface area contributed by atoms with Gasteiger partial charge in [-0.25, -0.2) is 14.4 Å². The lowest BCUT2D eigenvalue weighted by atomic mass is 9.72. The van der Waals surface area contributed by atoms with Crippen molar-refractivity contribution in [3.63, 3.8) is 0 Å². The molecule has 1 aromatic heterocycles. The van der Waals surface area contributed by atoms with Crippen LogP contribution in [0.15, 0.2) is 36.7 Å². The Hall–Kier alpha value is -2.88. The van der Waals surface area contributed by atoms with Gasteiger partial charge in [0.15, 0.2) is 5.82 Å². The Morgan fingerprint density at radius 2 is 1.90 bits per heavy atom. The predicted molar refractivity (Wildman–Crippen MR) is 118 cm³/mol. The van der Waals surface area contributed by atoms with Gasteiger partial charge >= 0.3 is 0 Å². The van der Waals surface area contributed by atoms with Crippen LogP contribution in [0.2, 0.25) is 5.02 Å². The van der Waals surface area contributed by atoms with Gasteiger partial charge in [0.1, 0.15) is 12.1 Å². The first-order valence-corrected chi connectivity index (χ1v) is 10.4. The summed E-state index contributed by atoms with van der Waals surface area (Å²) in [6, 6.07) is 8.46. The van der Waals surface area contributed by atoms with E-state index in [1.165, 1.54) is 12.4 Å². The average Bonchev–Trinajstić information content (AvgIpc) is 2.77. The van der Waals surface area contributed by atoms with E-state index in [1.807, 2.05) is 6.07 Å². The molecular formula is C23H21ClFN5. The zero-order valence-corrected chi connectivity index (χ0v) is 17.1. The largest absolute Gasteiger partial charge is 0.398 e. The summed E-state index contributed by atoms with van der Waals surface area (Å²) in [7, 11) is 0. The van der Waals surface area contributed by atoms with E-state index in [-0.39, 0.29) is 16.1 Å². The van der Waals surface area contributed by atoms with Crippen molar-refractivity contribution < 1.29 is 4.39 Å². The van der Waals surface area contributed by atoms with Crippen LogP contribution >= 0.6 is 11.6 Å². The molecule has 6 rings (SSSR count). The molecule has 4 heterocycles. The summed E-state index contributed by atoms with van der Waals surface area (Å²) >= 11 is 5.88. The highest BCUT2D eigenvalue weighted by Gasteiger charge is 2.37. The smallest absolute Gasteiger partial charge is 0.165 e. The number of nitrogen functional groups attached to an aromatic ring is 1. The third-order valence-electron chi connectivity index (χ3n) is 6.19. The summed E-state index contributed by atoms with van der Waals surface area (Å²) in [6.07, 6.45) is 4.80. The van der Waals surface area contributed by atoms with Crippen molar-refractivity contribution >= 4 is 39.7 Å². The van der Waals surface area contributed by atoms with Crippen LogP contribution in [0.25, 0.3) is 10.9 Å². The van der Waals surface area contributed by atoms with Gasteiger partial charge in [-0.15, -0.1) is 0 Å². The van der Waals surface area contributed by atoms with E-state index in [4.69, 9.17) is 17.3 Å². The molecule has 3 N–H and O–H groups in total. The molecule has 0 saturated carbocycles. The van der Waals surface area contributed by atoms with Gasteiger partial charge < -0.3 is 16.0 Å². The van der Waals surface area contributed by atoms with E-state index in [0.717, 1.165) is 44.5 Å². The average molecular weight is 422 g/mol. The van der Waals surface area contributed by atoms with Gasteiger partial charge in [0.2, 0.25) is 0 Å². The Labute approximate surface area is 179 Å². The van der Waals surface area contributed by atoms with Gasteiger partial charge in [-0.2, -0.15) is 0 Å². The standard InChI is InChI=1S/C23H21ClFN5/c24-17-2-1-3-19(21(17)25)29-22-16-13-18(26)15(12-20(16)27-14-28-22)4-5-23-6-9-30(10-7-23)11-8-23/h1-3,12-14H,6-11,26H2,(H,27,28,29). The van der Waals surface area contributed by atoms with Crippen LogP contribution in [0.4, 0.5) is 21.6 Å². The summed E-state index contributed by atoms with van der Waals surface area (Å²) in [4.78, 5) is 11.1. The van der Waals surface area contributed by atoms with E-state index in [0.29, 0.717) is 22.4 Å². The number of piperidine rings is 3. The lowest BCUT2D eigenvalue weighted by molar-refractivity contribution is 0.0680. The number of hydrogen-bond donors (Lipinski definition) is 2. The van der Waals surface area contributed by atoms with Crippen molar-refractivity contribution in [1.29, 1.82) is 0 Å². The molecular weight excluding hydrogens is 401 g/mol. The monoisotopic (exact) mass is 421 g/mol. The summed E-state index contributed by atoms with van der Waals surface area (Å²) in [5.41, 5.74) is 8.70. The fourth-order valence-corrected chi connectivity index (χ4v) is 4.44. The maximum atomic E-state index is 14.3. The van der Waals surface area contributed by atoms with Gasteiger partial charge in [0.25, 0.3) is 0 Å². The van der Waals surface area contributed by atoms with Crippen LogP contribution < -0.4 is 11.1 Å². The van der Waals surface area contributed by atoms with Crippen molar-refractivity contribution in [2.24, 2.45) is 5.41 Å². The second-order valence-electron chi connectivity index (χ2n) is 8.03. The number of nitrogens with one attached hydrogen (secondary N) is 1. The number of fused-ring (bicyclic) bond motifs is 4. The highest BCUT2D eigenvalue weighted by Crippen LogP contribution is 2.39. The highest BCUT2D eigenvalue weighted by molar-refractivity contribution is 6.31. The first-order chi connectivity index (χ1) is 14.5. The Balaban J connectivity index is 1.50. The van der Waals surface area contributed by atoms with Crippen LogP contribution in [-0.4, -0.2) is 34.5 Å². The normalized spacial score (nSPS) is 22.5. The number of anilines is 3. The van der Waals surface area contributed by atoms with Crippen molar-refractivity contribution in [3.8, 4) is 11.8 Å². The number of aromatic nitrogens is 2. The summed E-state index contributed by atoms with van der Waals surface area (Å²) < 4.78 is 14.3. The number of nitrogens with two attached hydrogens (primary N) is 1. The van der Waals surface area contributed by atoms with E-state index in [9.17, 15) is 4.39 Å². The first-order valence-electron chi connectivity index (χ1n) is 10.0. The van der Waals surface area contributed by atoms with Crippen LogP contribution in [0.1, 0.15) is 24.8 Å². The molecule has 0 atom stereocenters. The molecule has 0 radical (unpaired) electrons.